The Hall–Kier alpha value is -3.20. The number of ketones is 1. The van der Waals surface area contributed by atoms with Crippen LogP contribution in [0.15, 0.2) is 24.3 Å². The Morgan fingerprint density at radius 3 is 2.50 bits per heavy atom. The van der Waals surface area contributed by atoms with Crippen molar-refractivity contribution >= 4 is 29.7 Å². The Kier molecular flexibility index (Phi) is 7.28. The van der Waals surface area contributed by atoms with Crippen molar-refractivity contribution in [3.05, 3.63) is 29.8 Å². The van der Waals surface area contributed by atoms with Gasteiger partial charge < -0.3 is 14.2 Å². The van der Waals surface area contributed by atoms with E-state index in [-0.39, 0.29) is 6.54 Å². The molecule has 0 unspecified atom stereocenters. The van der Waals surface area contributed by atoms with Gasteiger partial charge in [-0.1, -0.05) is 12.1 Å². The third-order valence-corrected chi connectivity index (χ3v) is 4.11. The Balaban J connectivity index is 2.15. The van der Waals surface area contributed by atoms with Crippen LogP contribution in [0.4, 0.5) is 4.79 Å². The third kappa shape index (κ3) is 4.74. The summed E-state index contributed by atoms with van der Waals surface area (Å²) in [5.41, 5.74) is 0.614. The van der Waals surface area contributed by atoms with Gasteiger partial charge in [-0.15, -0.1) is 0 Å². The van der Waals surface area contributed by atoms with Crippen LogP contribution in [-0.4, -0.2) is 63.0 Å². The molecule has 1 atom stereocenters. The average molecular weight is 390 g/mol. The van der Waals surface area contributed by atoms with Gasteiger partial charge >= 0.3 is 6.03 Å². The highest BCUT2D eigenvalue weighted by Crippen LogP contribution is 2.28. The van der Waals surface area contributed by atoms with Gasteiger partial charge in [0.15, 0.2) is 23.2 Å². The fourth-order valence-electron chi connectivity index (χ4n) is 2.67. The number of hydrogen-bond acceptors (Lipinski definition) is 7. The van der Waals surface area contributed by atoms with Crippen LogP contribution >= 0.6 is 0 Å². The molecule has 28 heavy (non-hydrogen) atoms. The van der Waals surface area contributed by atoms with Gasteiger partial charge in [-0.3, -0.25) is 24.6 Å². The maximum Gasteiger partial charge on any atom is 0.330 e. The van der Waals surface area contributed by atoms with Gasteiger partial charge in [0.1, 0.15) is 0 Å². The number of nitrogens with one attached hydrogen (secondary N) is 1. The van der Waals surface area contributed by atoms with Crippen LogP contribution in [0.25, 0.3) is 6.08 Å². The molecule has 0 saturated carbocycles. The van der Waals surface area contributed by atoms with Crippen molar-refractivity contribution in [1.29, 1.82) is 0 Å². The normalized spacial score (nSPS) is 17.0. The monoisotopic (exact) mass is 390 g/mol. The highest BCUT2D eigenvalue weighted by Gasteiger charge is 2.43. The number of rotatable bonds is 9. The number of benzene rings is 1. The molecule has 0 aliphatic carbocycles. The summed E-state index contributed by atoms with van der Waals surface area (Å²) in [5, 5.41) is 2.04. The number of hydrogen-bond donors (Lipinski definition) is 1. The molecule has 150 valence electrons. The zero-order valence-electron chi connectivity index (χ0n) is 15.9. The molecule has 9 heteroatoms. The summed E-state index contributed by atoms with van der Waals surface area (Å²) in [6.45, 7) is 0.387. The molecular formula is C19H22N2O7. The van der Waals surface area contributed by atoms with Gasteiger partial charge in [-0.05, 0) is 30.2 Å². The smallest absolute Gasteiger partial charge is 0.330 e. The molecule has 1 aromatic carbocycles. The van der Waals surface area contributed by atoms with E-state index in [9.17, 15) is 19.2 Å². The van der Waals surface area contributed by atoms with E-state index in [2.05, 4.69) is 0 Å². The molecule has 2 rings (SSSR count). The molecular weight excluding hydrogens is 368 g/mol. The number of barbiturate groups is 1. The predicted octanol–water partition coefficient (Wildman–Crippen LogP) is 1.02. The summed E-state index contributed by atoms with van der Waals surface area (Å²) in [6, 6.07) is 4.16. The summed E-state index contributed by atoms with van der Waals surface area (Å²) in [6.07, 6.45) is 2.98. The number of ether oxygens (including phenoxy) is 3. The van der Waals surface area contributed by atoms with Crippen molar-refractivity contribution < 1.29 is 33.4 Å². The van der Waals surface area contributed by atoms with E-state index >= 15 is 0 Å². The molecule has 1 saturated heterocycles. The van der Waals surface area contributed by atoms with Crippen molar-refractivity contribution in [2.75, 3.05) is 34.5 Å². The first-order valence-electron chi connectivity index (χ1n) is 8.52. The summed E-state index contributed by atoms with van der Waals surface area (Å²) in [4.78, 5) is 49.7. The minimum atomic E-state index is -1.60. The molecule has 1 N–H and O–H groups in total. The minimum Gasteiger partial charge on any atom is -0.493 e. The zero-order chi connectivity index (χ0) is 20.7. The first-order valence-corrected chi connectivity index (χ1v) is 8.52. The maximum atomic E-state index is 12.5. The molecule has 4 amide bonds. The molecule has 0 spiro atoms. The van der Waals surface area contributed by atoms with Gasteiger partial charge in [0.05, 0.1) is 14.2 Å². The summed E-state index contributed by atoms with van der Waals surface area (Å²) in [5.74, 6) is -3.10. The van der Waals surface area contributed by atoms with E-state index < -0.39 is 29.5 Å². The van der Waals surface area contributed by atoms with Crippen LogP contribution in [0.3, 0.4) is 0 Å². The molecule has 1 aliphatic heterocycles. The Labute approximate surface area is 162 Å². The number of imide groups is 2. The topological polar surface area (TPSA) is 111 Å². The summed E-state index contributed by atoms with van der Waals surface area (Å²) in [7, 11) is 4.48. The maximum absolute atomic E-state index is 12.5. The lowest BCUT2D eigenvalue weighted by Crippen LogP contribution is -2.59. The second-order valence-corrected chi connectivity index (χ2v) is 5.91. The van der Waals surface area contributed by atoms with E-state index in [1.54, 1.807) is 18.2 Å². The lowest BCUT2D eigenvalue weighted by atomic mass is 9.98. The molecule has 9 nitrogen and oxygen atoms in total. The number of nitrogens with zero attached hydrogens (tertiary/aromatic N) is 1. The average Bonchev–Trinajstić information content (AvgIpc) is 2.68. The Morgan fingerprint density at radius 2 is 1.86 bits per heavy atom. The van der Waals surface area contributed by atoms with Crippen LogP contribution in [0.5, 0.6) is 11.5 Å². The second-order valence-electron chi connectivity index (χ2n) is 5.91. The third-order valence-electron chi connectivity index (χ3n) is 4.11. The lowest BCUT2D eigenvalue weighted by molar-refractivity contribution is -0.146. The first kappa shape index (κ1) is 21.1. The number of amides is 4. The van der Waals surface area contributed by atoms with Crippen molar-refractivity contribution in [2.45, 2.75) is 6.42 Å². The summed E-state index contributed by atoms with van der Waals surface area (Å²) < 4.78 is 15.2. The molecule has 0 radical (unpaired) electrons. The van der Waals surface area contributed by atoms with Crippen molar-refractivity contribution in [2.24, 2.45) is 5.92 Å². The molecule has 0 aromatic heterocycles. The van der Waals surface area contributed by atoms with Gasteiger partial charge in [0.2, 0.25) is 5.91 Å². The lowest BCUT2D eigenvalue weighted by Gasteiger charge is -2.28. The SMILES string of the molecule is COCCCN1C(=O)NC(=O)[C@@H](C(=O)/C=C/c2ccc(OC)c(OC)c2)C1=O. The quantitative estimate of drug-likeness (QED) is 0.381. The van der Waals surface area contributed by atoms with Gasteiger partial charge in [-0.2, -0.15) is 0 Å². The van der Waals surface area contributed by atoms with E-state index in [4.69, 9.17) is 14.2 Å². The van der Waals surface area contributed by atoms with Crippen molar-refractivity contribution in [1.82, 2.24) is 10.2 Å². The molecule has 1 aliphatic rings. The predicted molar refractivity (Wildman–Crippen MR) is 98.8 cm³/mol. The highest BCUT2D eigenvalue weighted by molar-refractivity contribution is 6.28. The van der Waals surface area contributed by atoms with Gasteiger partial charge in [0.25, 0.3) is 5.91 Å². The van der Waals surface area contributed by atoms with Gasteiger partial charge in [-0.25, -0.2) is 4.79 Å². The Bertz CT molecular complexity index is 803. The van der Waals surface area contributed by atoms with E-state index in [1.807, 2.05) is 5.32 Å². The van der Waals surface area contributed by atoms with Crippen LogP contribution in [0.2, 0.25) is 0 Å². The first-order chi connectivity index (χ1) is 13.4. The molecule has 1 fully saturated rings. The number of carbonyl (C=O) groups is 4. The van der Waals surface area contributed by atoms with Crippen LogP contribution in [0.1, 0.15) is 12.0 Å². The minimum absolute atomic E-state index is 0.0506. The fraction of sp³-hybridized carbons (Fsp3) is 0.368. The van der Waals surface area contributed by atoms with Gasteiger partial charge in [0, 0.05) is 20.3 Å². The van der Waals surface area contributed by atoms with E-state index in [1.165, 1.54) is 27.4 Å². The number of urea groups is 1. The highest BCUT2D eigenvalue weighted by atomic mass is 16.5. The molecule has 1 heterocycles. The van der Waals surface area contributed by atoms with E-state index in [0.717, 1.165) is 11.0 Å². The zero-order valence-corrected chi connectivity index (χ0v) is 15.9. The van der Waals surface area contributed by atoms with Crippen LogP contribution in [-0.2, 0) is 19.1 Å². The number of carbonyl (C=O) groups excluding carboxylic acids is 4. The Morgan fingerprint density at radius 1 is 1.14 bits per heavy atom. The molecule has 1 aromatic rings. The van der Waals surface area contributed by atoms with Crippen LogP contribution < -0.4 is 14.8 Å². The second kappa shape index (κ2) is 9.65. The largest absolute Gasteiger partial charge is 0.493 e. The summed E-state index contributed by atoms with van der Waals surface area (Å²) >= 11 is 0. The van der Waals surface area contributed by atoms with Crippen LogP contribution in [0, 0.1) is 5.92 Å². The number of methoxy groups -OCH3 is 3. The van der Waals surface area contributed by atoms with E-state index in [0.29, 0.717) is 30.1 Å². The van der Waals surface area contributed by atoms with Crippen molar-refractivity contribution in [3.63, 3.8) is 0 Å². The number of allylic oxidation sites excluding steroid dienone is 1. The van der Waals surface area contributed by atoms with Crippen molar-refractivity contribution in [3.8, 4) is 11.5 Å². The molecule has 0 bridgehead atoms. The standard InChI is InChI=1S/C19H22N2O7/c1-26-10-4-9-21-18(24)16(17(23)20-19(21)25)13(22)7-5-12-6-8-14(27-2)15(11-12)28-3/h5-8,11,16H,4,9-10H2,1-3H3,(H,20,23,25)/b7-5+/t16-/m1/s1. The fourth-order valence-corrected chi connectivity index (χ4v) is 2.67.